The molecule has 1 N–H and O–H groups in total. The van der Waals surface area contributed by atoms with Crippen LogP contribution in [0.5, 0.6) is 0 Å². The minimum absolute atomic E-state index is 0.232. The third kappa shape index (κ3) is 3.51. The van der Waals surface area contributed by atoms with Gasteiger partial charge in [0.2, 0.25) is 0 Å². The van der Waals surface area contributed by atoms with Crippen LogP contribution in [0.25, 0.3) is 11.0 Å². The maximum Gasteiger partial charge on any atom is 0.404 e. The van der Waals surface area contributed by atoms with E-state index in [1.807, 2.05) is 0 Å². The zero-order valence-corrected chi connectivity index (χ0v) is 15.3. The molecule has 0 radical (unpaired) electrons. The smallest absolute Gasteiger partial charge is 0.404 e. The lowest BCUT2D eigenvalue weighted by Gasteiger charge is -2.33. The summed E-state index contributed by atoms with van der Waals surface area (Å²) >= 11 is 0. The third-order valence-electron chi connectivity index (χ3n) is 5.31. The normalized spacial score (nSPS) is 18.3. The summed E-state index contributed by atoms with van der Waals surface area (Å²) in [6, 6.07) is 1.87. The van der Waals surface area contributed by atoms with E-state index < -0.39 is 55.2 Å². The van der Waals surface area contributed by atoms with Crippen LogP contribution < -0.4 is 5.32 Å². The number of aryl methyl sites for hydroxylation is 1. The Balaban J connectivity index is 1.78. The number of nitrogens with one attached hydrogen (secondary N) is 1. The van der Waals surface area contributed by atoms with Gasteiger partial charge in [-0.3, -0.25) is 0 Å². The fourth-order valence-corrected chi connectivity index (χ4v) is 3.57. The van der Waals surface area contributed by atoms with Gasteiger partial charge in [0, 0.05) is 24.0 Å². The molecule has 1 atom stereocenters. The summed E-state index contributed by atoms with van der Waals surface area (Å²) in [5.74, 6) is -0.270. The zero-order valence-electron chi connectivity index (χ0n) is 15.3. The van der Waals surface area contributed by atoms with Gasteiger partial charge in [-0.1, -0.05) is 0 Å². The van der Waals surface area contributed by atoms with Crippen LogP contribution in [0.3, 0.4) is 0 Å². The van der Waals surface area contributed by atoms with Crippen molar-refractivity contribution in [2.45, 2.75) is 38.7 Å². The topological polar surface area (TPSA) is 45.5 Å². The van der Waals surface area contributed by atoms with Crippen molar-refractivity contribution >= 4 is 17.0 Å². The van der Waals surface area contributed by atoms with Gasteiger partial charge in [-0.05, 0) is 38.5 Å². The molecular formula is C18H17F7N2O2. The Bertz CT molecular complexity index is 919. The van der Waals surface area contributed by atoms with Gasteiger partial charge < -0.3 is 14.6 Å². The van der Waals surface area contributed by atoms with Crippen molar-refractivity contribution in [2.75, 3.05) is 13.1 Å². The van der Waals surface area contributed by atoms with E-state index in [1.165, 1.54) is 25.1 Å². The maximum absolute atomic E-state index is 13.4. The second-order valence-corrected chi connectivity index (χ2v) is 7.15. The molecule has 1 aliphatic heterocycles. The molecule has 0 saturated carbocycles. The van der Waals surface area contributed by atoms with Gasteiger partial charge in [0.25, 0.3) is 0 Å². The molecular weight excluding hydrogens is 409 g/mol. The molecule has 2 aromatic rings. The Morgan fingerprint density at radius 3 is 2.38 bits per heavy atom. The van der Waals surface area contributed by atoms with Crippen LogP contribution in [0, 0.1) is 18.2 Å². The Morgan fingerprint density at radius 2 is 1.83 bits per heavy atom. The Labute approximate surface area is 160 Å². The first-order chi connectivity index (χ1) is 13.3. The van der Waals surface area contributed by atoms with Gasteiger partial charge in [0.1, 0.15) is 17.2 Å². The van der Waals surface area contributed by atoms with E-state index in [9.17, 15) is 35.5 Å². The van der Waals surface area contributed by atoms with Gasteiger partial charge in [0.15, 0.2) is 5.41 Å². The Hall–Kier alpha value is -2.46. The van der Waals surface area contributed by atoms with Crippen LogP contribution >= 0.6 is 0 Å². The molecule has 1 unspecified atom stereocenters. The number of halogens is 7. The highest BCUT2D eigenvalue weighted by atomic mass is 19.4. The summed E-state index contributed by atoms with van der Waals surface area (Å²) < 4.78 is 97.9. The van der Waals surface area contributed by atoms with Crippen LogP contribution in [0.2, 0.25) is 0 Å². The number of carbonyl (C=O) groups excluding carboxylic acids is 1. The second-order valence-electron chi connectivity index (χ2n) is 7.15. The number of alkyl halides is 6. The molecule has 160 valence electrons. The second kappa shape index (κ2) is 6.81. The molecule has 29 heavy (non-hydrogen) atoms. The number of carbonyl (C=O) groups is 1. The maximum atomic E-state index is 13.4. The van der Waals surface area contributed by atoms with E-state index >= 15 is 0 Å². The Morgan fingerprint density at radius 1 is 1.21 bits per heavy atom. The lowest BCUT2D eigenvalue weighted by Crippen LogP contribution is -2.53. The van der Waals surface area contributed by atoms with E-state index in [0.717, 1.165) is 0 Å². The molecule has 1 aromatic heterocycles. The summed E-state index contributed by atoms with van der Waals surface area (Å²) in [5.41, 5.74) is -3.10. The minimum atomic E-state index is -5.54. The van der Waals surface area contributed by atoms with Gasteiger partial charge in [0.05, 0.1) is 6.04 Å². The van der Waals surface area contributed by atoms with Crippen molar-refractivity contribution < 1.29 is 39.9 Å². The third-order valence-corrected chi connectivity index (χ3v) is 5.31. The highest BCUT2D eigenvalue weighted by Gasteiger charge is 2.72. The molecule has 1 aromatic carbocycles. The van der Waals surface area contributed by atoms with Crippen molar-refractivity contribution in [3.8, 4) is 0 Å². The summed E-state index contributed by atoms with van der Waals surface area (Å²) in [7, 11) is 0. The van der Waals surface area contributed by atoms with E-state index in [-0.39, 0.29) is 5.76 Å². The zero-order chi connectivity index (χ0) is 21.8. The number of likely N-dealkylation sites (tertiary alicyclic amines) is 1. The number of furan rings is 1. The van der Waals surface area contributed by atoms with Gasteiger partial charge >= 0.3 is 18.4 Å². The number of rotatable bonds is 2. The monoisotopic (exact) mass is 426 g/mol. The molecule has 0 bridgehead atoms. The Kier molecular flexibility index (Phi) is 4.99. The number of hydrogen-bond acceptors (Lipinski definition) is 2. The van der Waals surface area contributed by atoms with E-state index in [2.05, 4.69) is 5.32 Å². The van der Waals surface area contributed by atoms with Crippen molar-refractivity contribution in [3.63, 3.8) is 0 Å². The van der Waals surface area contributed by atoms with E-state index in [0.29, 0.717) is 21.4 Å². The minimum Gasteiger partial charge on any atom is -0.459 e. The molecule has 3 rings (SSSR count). The summed E-state index contributed by atoms with van der Waals surface area (Å²) in [4.78, 5) is 12.8. The number of nitrogens with zero attached hydrogens (tertiary/aromatic N) is 1. The highest BCUT2D eigenvalue weighted by molar-refractivity contribution is 5.82. The van der Waals surface area contributed by atoms with E-state index in [1.54, 1.807) is 6.92 Å². The number of fused-ring (bicyclic) bond motifs is 1. The molecule has 4 nitrogen and oxygen atoms in total. The first-order valence-electron chi connectivity index (χ1n) is 8.64. The molecule has 0 spiro atoms. The fraction of sp³-hybridized carbons (Fsp3) is 0.500. The lowest BCUT2D eigenvalue weighted by molar-refractivity contribution is -0.334. The van der Waals surface area contributed by atoms with Crippen LogP contribution in [0.1, 0.15) is 30.7 Å². The standard InChI is InChI=1S/C18H17F7N2O2/c1-9-12-7-11(19)3-4-13(12)29-14(9)10(2)26-15(28)27-6-5-16(8-27,17(20,21)22)18(23,24)25/h3-4,7,10H,5-6,8H2,1-2H3,(H,26,28). The van der Waals surface area contributed by atoms with Crippen molar-refractivity contribution in [1.29, 1.82) is 0 Å². The first-order valence-corrected chi connectivity index (χ1v) is 8.64. The molecule has 1 aliphatic rings. The van der Waals surface area contributed by atoms with Gasteiger partial charge in [-0.2, -0.15) is 26.3 Å². The van der Waals surface area contributed by atoms with E-state index in [4.69, 9.17) is 4.42 Å². The average molecular weight is 426 g/mol. The molecule has 2 amide bonds. The molecule has 2 heterocycles. The van der Waals surface area contributed by atoms with Crippen LogP contribution in [-0.4, -0.2) is 36.4 Å². The number of benzene rings is 1. The van der Waals surface area contributed by atoms with Gasteiger partial charge in [-0.15, -0.1) is 0 Å². The SMILES string of the molecule is Cc1c(C(C)NC(=O)N2CCC(C(F)(F)F)(C(F)(F)F)C2)oc2ccc(F)cc12. The van der Waals surface area contributed by atoms with Crippen molar-refractivity contribution in [2.24, 2.45) is 5.41 Å². The van der Waals surface area contributed by atoms with Crippen LogP contribution in [0.15, 0.2) is 22.6 Å². The predicted molar refractivity (Wildman–Crippen MR) is 88.6 cm³/mol. The van der Waals surface area contributed by atoms with Crippen LogP contribution in [-0.2, 0) is 0 Å². The summed E-state index contributed by atoms with van der Waals surface area (Å²) in [6.45, 7) is 0.873. The fourth-order valence-electron chi connectivity index (χ4n) is 3.57. The predicted octanol–water partition coefficient (Wildman–Crippen LogP) is 5.47. The summed E-state index contributed by atoms with van der Waals surface area (Å²) in [6.07, 6.45) is -12.3. The molecule has 1 fully saturated rings. The quantitative estimate of drug-likeness (QED) is 0.648. The van der Waals surface area contributed by atoms with Gasteiger partial charge in [-0.25, -0.2) is 9.18 Å². The highest BCUT2D eigenvalue weighted by Crippen LogP contribution is 2.55. The van der Waals surface area contributed by atoms with Crippen molar-refractivity contribution in [3.05, 3.63) is 35.3 Å². The summed E-state index contributed by atoms with van der Waals surface area (Å²) in [5, 5.41) is 2.81. The van der Waals surface area contributed by atoms with Crippen LogP contribution in [0.4, 0.5) is 35.5 Å². The number of urea groups is 1. The number of amides is 2. The average Bonchev–Trinajstić information content (AvgIpc) is 3.18. The first kappa shape index (κ1) is 21.3. The lowest BCUT2D eigenvalue weighted by atomic mass is 9.85. The molecule has 0 aliphatic carbocycles. The molecule has 11 heteroatoms. The largest absolute Gasteiger partial charge is 0.459 e. The van der Waals surface area contributed by atoms with Crippen molar-refractivity contribution in [1.82, 2.24) is 10.2 Å². The molecule has 1 saturated heterocycles. The number of hydrogen-bond donors (Lipinski definition) is 1.